The van der Waals surface area contributed by atoms with Crippen LogP contribution in [0.3, 0.4) is 0 Å². The van der Waals surface area contributed by atoms with Crippen molar-refractivity contribution in [2.75, 3.05) is 0 Å². The van der Waals surface area contributed by atoms with E-state index in [9.17, 15) is 4.79 Å². The molecule has 0 spiro atoms. The smallest absolute Gasteiger partial charge is 0.267 e. The zero-order valence-electron chi connectivity index (χ0n) is 9.13. The van der Waals surface area contributed by atoms with Crippen LogP contribution in [0, 0.1) is 0 Å². The van der Waals surface area contributed by atoms with E-state index in [1.807, 2.05) is 54.6 Å². The van der Waals surface area contributed by atoms with Gasteiger partial charge >= 0.3 is 0 Å². The summed E-state index contributed by atoms with van der Waals surface area (Å²) in [6.45, 7) is 0. The lowest BCUT2D eigenvalue weighted by atomic mass is 9.92. The fraction of sp³-hybridized carbons (Fsp3) is 0. The van der Waals surface area contributed by atoms with Gasteiger partial charge in [0.2, 0.25) is 0 Å². The topological polar surface area (TPSA) is 31.2 Å². The Morgan fingerprint density at radius 2 is 1.41 bits per heavy atom. The van der Waals surface area contributed by atoms with Gasteiger partial charge in [0.1, 0.15) is 0 Å². The van der Waals surface area contributed by atoms with E-state index in [2.05, 4.69) is 5.32 Å². The quantitative estimate of drug-likeness (QED) is 0.727. The highest BCUT2D eigenvalue weighted by molar-refractivity contribution is 6.04. The molecule has 0 saturated carbocycles. The van der Waals surface area contributed by atoms with Gasteiger partial charge in [-0.05, 0) is 17.2 Å². The highest BCUT2D eigenvalue weighted by Crippen LogP contribution is 2.28. The Kier molecular flexibility index (Phi) is 2.26. The predicted molar refractivity (Wildman–Crippen MR) is 66.4 cm³/mol. The molecular weight excluding hydrogens is 210 g/mol. The van der Waals surface area contributed by atoms with Gasteiger partial charge in [-0.3, -0.25) is 4.79 Å². The lowest BCUT2D eigenvalue weighted by molar-refractivity contribution is 0.0964. The van der Waals surface area contributed by atoms with E-state index in [1.54, 1.807) is 6.20 Å². The molecular formula is C15H10NO. The number of rotatable bonds is 1. The molecule has 0 unspecified atom stereocenters. The summed E-state index contributed by atoms with van der Waals surface area (Å²) in [5.74, 6) is -0.166. The van der Waals surface area contributed by atoms with Crippen molar-refractivity contribution in [2.45, 2.75) is 0 Å². The number of benzene rings is 2. The fourth-order valence-corrected chi connectivity index (χ4v) is 2.01. The Labute approximate surface area is 99.6 Å². The van der Waals surface area contributed by atoms with Gasteiger partial charge in [-0.1, -0.05) is 48.5 Å². The van der Waals surface area contributed by atoms with E-state index in [4.69, 9.17) is 0 Å². The van der Waals surface area contributed by atoms with Crippen molar-refractivity contribution < 1.29 is 4.79 Å². The molecule has 0 atom stereocenters. The van der Waals surface area contributed by atoms with Crippen molar-refractivity contribution in [2.24, 2.45) is 0 Å². The molecule has 0 saturated heterocycles. The van der Waals surface area contributed by atoms with Crippen LogP contribution in [0.25, 0.3) is 5.57 Å². The summed E-state index contributed by atoms with van der Waals surface area (Å²) >= 11 is 0. The summed E-state index contributed by atoms with van der Waals surface area (Å²) in [5, 5.41) is 3.93. The van der Waals surface area contributed by atoms with E-state index in [1.165, 1.54) is 0 Å². The fourth-order valence-electron chi connectivity index (χ4n) is 2.01. The molecule has 81 valence electrons. The Hall–Kier alpha value is -2.35. The standard InChI is InChI=1S/C15H10NO/c17-15-13-9-5-4-8-12(13)14(10-16-15)11-6-2-1-3-7-11/h1-10H. The van der Waals surface area contributed by atoms with Crippen LogP contribution in [0.15, 0.2) is 60.8 Å². The number of carbonyl (C=O) groups is 1. The average Bonchev–Trinajstić information content (AvgIpc) is 2.41. The Morgan fingerprint density at radius 3 is 2.18 bits per heavy atom. The second kappa shape index (κ2) is 3.91. The third-order valence-corrected chi connectivity index (χ3v) is 2.84. The van der Waals surface area contributed by atoms with E-state index in [-0.39, 0.29) is 5.91 Å². The molecule has 2 heteroatoms. The first kappa shape index (κ1) is 9.85. The Morgan fingerprint density at radius 1 is 0.765 bits per heavy atom. The molecule has 2 aromatic carbocycles. The van der Waals surface area contributed by atoms with E-state index in [0.29, 0.717) is 5.56 Å². The average molecular weight is 220 g/mol. The van der Waals surface area contributed by atoms with Gasteiger partial charge in [0.25, 0.3) is 5.91 Å². The van der Waals surface area contributed by atoms with Crippen LogP contribution in [0.1, 0.15) is 21.5 Å². The van der Waals surface area contributed by atoms with Crippen molar-refractivity contribution in [3.8, 4) is 0 Å². The van der Waals surface area contributed by atoms with Crippen molar-refractivity contribution in [1.82, 2.24) is 5.32 Å². The van der Waals surface area contributed by atoms with Gasteiger partial charge in [-0.15, -0.1) is 0 Å². The first-order valence-electron chi connectivity index (χ1n) is 5.46. The van der Waals surface area contributed by atoms with Gasteiger partial charge in [0.15, 0.2) is 0 Å². The highest BCUT2D eigenvalue weighted by atomic mass is 16.1. The predicted octanol–water partition coefficient (Wildman–Crippen LogP) is 2.83. The summed E-state index contributed by atoms with van der Waals surface area (Å²) in [7, 11) is 0. The Bertz CT molecular complexity index is 599. The van der Waals surface area contributed by atoms with Gasteiger partial charge in [-0.2, -0.15) is 0 Å². The summed E-state index contributed by atoms with van der Waals surface area (Å²) in [5.41, 5.74) is 3.71. The third-order valence-electron chi connectivity index (χ3n) is 2.84. The molecule has 1 radical (unpaired) electrons. The molecule has 2 nitrogen and oxygen atoms in total. The number of amides is 1. The van der Waals surface area contributed by atoms with Gasteiger partial charge in [0.05, 0.1) is 0 Å². The molecule has 1 heterocycles. The van der Waals surface area contributed by atoms with Crippen LogP contribution in [0.2, 0.25) is 0 Å². The van der Waals surface area contributed by atoms with Crippen LogP contribution in [0.4, 0.5) is 0 Å². The lowest BCUT2D eigenvalue weighted by Crippen LogP contribution is -2.17. The SMILES string of the molecule is O=C1[N]C=C(c2ccccc2)c2ccccc21. The number of hydrogen-bond acceptors (Lipinski definition) is 1. The third kappa shape index (κ3) is 1.64. The molecule has 0 N–H and O–H groups in total. The van der Waals surface area contributed by atoms with Crippen LogP contribution >= 0.6 is 0 Å². The number of hydrogen-bond donors (Lipinski definition) is 0. The van der Waals surface area contributed by atoms with Crippen LogP contribution in [0.5, 0.6) is 0 Å². The van der Waals surface area contributed by atoms with Crippen LogP contribution in [-0.4, -0.2) is 5.91 Å². The van der Waals surface area contributed by atoms with Crippen LogP contribution < -0.4 is 5.32 Å². The highest BCUT2D eigenvalue weighted by Gasteiger charge is 2.20. The number of fused-ring (bicyclic) bond motifs is 1. The zero-order valence-corrected chi connectivity index (χ0v) is 9.13. The molecule has 2 aromatic rings. The second-order valence-corrected chi connectivity index (χ2v) is 3.89. The van der Waals surface area contributed by atoms with Crippen molar-refractivity contribution in [3.63, 3.8) is 0 Å². The summed E-state index contributed by atoms with van der Waals surface area (Å²) < 4.78 is 0. The molecule has 0 aromatic heterocycles. The zero-order chi connectivity index (χ0) is 11.7. The number of nitrogens with zero attached hydrogens (tertiary/aromatic N) is 1. The summed E-state index contributed by atoms with van der Waals surface area (Å²) in [4.78, 5) is 11.7. The molecule has 0 fully saturated rings. The minimum absolute atomic E-state index is 0.166. The second-order valence-electron chi connectivity index (χ2n) is 3.89. The maximum Gasteiger partial charge on any atom is 0.277 e. The molecule has 1 aliphatic rings. The van der Waals surface area contributed by atoms with E-state index in [0.717, 1.165) is 16.7 Å². The van der Waals surface area contributed by atoms with Crippen LogP contribution in [-0.2, 0) is 0 Å². The van der Waals surface area contributed by atoms with E-state index < -0.39 is 0 Å². The van der Waals surface area contributed by atoms with Crippen molar-refractivity contribution in [3.05, 3.63) is 77.5 Å². The van der Waals surface area contributed by atoms with Crippen molar-refractivity contribution >= 4 is 11.5 Å². The summed E-state index contributed by atoms with van der Waals surface area (Å²) in [6, 6.07) is 17.6. The maximum absolute atomic E-state index is 11.7. The van der Waals surface area contributed by atoms with Gasteiger partial charge in [0, 0.05) is 17.3 Å². The maximum atomic E-state index is 11.7. The first-order valence-corrected chi connectivity index (χ1v) is 5.46. The molecule has 3 rings (SSSR count). The first-order chi connectivity index (χ1) is 8.36. The van der Waals surface area contributed by atoms with Gasteiger partial charge in [-0.25, -0.2) is 5.32 Å². The molecule has 0 bridgehead atoms. The van der Waals surface area contributed by atoms with Gasteiger partial charge < -0.3 is 0 Å². The number of carbonyl (C=O) groups excluding carboxylic acids is 1. The minimum Gasteiger partial charge on any atom is -0.267 e. The van der Waals surface area contributed by atoms with E-state index >= 15 is 0 Å². The molecule has 1 amide bonds. The van der Waals surface area contributed by atoms with Crippen molar-refractivity contribution in [1.29, 1.82) is 0 Å². The monoisotopic (exact) mass is 220 g/mol. The molecule has 1 aliphatic heterocycles. The lowest BCUT2D eigenvalue weighted by Gasteiger charge is -2.16. The summed E-state index contributed by atoms with van der Waals surface area (Å²) in [6.07, 6.45) is 1.65. The normalized spacial score (nSPS) is 13.6. The molecule has 0 aliphatic carbocycles. The Balaban J connectivity index is 2.18. The molecule has 17 heavy (non-hydrogen) atoms. The minimum atomic E-state index is -0.166. The largest absolute Gasteiger partial charge is 0.277 e.